The first kappa shape index (κ1) is 18.4. The topological polar surface area (TPSA) is 85.4 Å². The molecule has 0 bridgehead atoms. The van der Waals surface area contributed by atoms with Gasteiger partial charge in [-0.05, 0) is 38.0 Å². The van der Waals surface area contributed by atoms with Crippen LogP contribution in [0.2, 0.25) is 5.02 Å². The van der Waals surface area contributed by atoms with Crippen LogP contribution < -0.4 is 15.4 Å². The Morgan fingerprint density at radius 1 is 1.38 bits per heavy atom. The zero-order chi connectivity index (χ0) is 18.5. The summed E-state index contributed by atoms with van der Waals surface area (Å²) in [5.41, 5.74) is 1.04. The van der Waals surface area contributed by atoms with Crippen molar-refractivity contribution in [3.63, 3.8) is 0 Å². The molecule has 0 radical (unpaired) electrons. The summed E-state index contributed by atoms with van der Waals surface area (Å²) < 4.78 is 10.7. The highest BCUT2D eigenvalue weighted by molar-refractivity contribution is 6.32. The average Bonchev–Trinajstić information content (AvgIpc) is 3.13. The van der Waals surface area contributed by atoms with Gasteiger partial charge in [0.05, 0.1) is 18.2 Å². The Morgan fingerprint density at radius 3 is 2.92 bits per heavy atom. The fraction of sp³-hybridized carbons (Fsp3) is 0.389. The Kier molecular flexibility index (Phi) is 5.90. The summed E-state index contributed by atoms with van der Waals surface area (Å²) in [5.74, 6) is 1.35. The molecule has 1 unspecified atom stereocenters. The van der Waals surface area contributed by atoms with Gasteiger partial charge in [-0.1, -0.05) is 11.6 Å². The zero-order valence-electron chi connectivity index (χ0n) is 14.7. The number of carbonyl (C=O) groups excluding carboxylic acids is 1. The van der Waals surface area contributed by atoms with E-state index in [2.05, 4.69) is 20.6 Å². The summed E-state index contributed by atoms with van der Waals surface area (Å²) in [5, 5.41) is 6.48. The van der Waals surface area contributed by atoms with E-state index in [1.807, 2.05) is 6.07 Å². The largest absolute Gasteiger partial charge is 0.495 e. The lowest BCUT2D eigenvalue weighted by Gasteiger charge is -2.12. The SMILES string of the molecule is COc1ccc(Nc2cc(C(=O)NCC3CCCO3)nc(C)n2)cc1Cl. The molecule has 2 heterocycles. The molecule has 0 aliphatic carbocycles. The van der Waals surface area contributed by atoms with Crippen LogP contribution in [-0.2, 0) is 4.74 Å². The van der Waals surface area contributed by atoms with E-state index in [1.165, 1.54) is 0 Å². The smallest absolute Gasteiger partial charge is 0.270 e. The molecule has 26 heavy (non-hydrogen) atoms. The second kappa shape index (κ2) is 8.33. The van der Waals surface area contributed by atoms with Gasteiger partial charge in [0, 0.05) is 24.9 Å². The Hall–Kier alpha value is -2.38. The Morgan fingerprint density at radius 2 is 2.23 bits per heavy atom. The van der Waals surface area contributed by atoms with Crippen molar-refractivity contribution >= 4 is 29.0 Å². The van der Waals surface area contributed by atoms with Crippen LogP contribution in [0.15, 0.2) is 24.3 Å². The maximum atomic E-state index is 12.4. The van der Waals surface area contributed by atoms with Gasteiger partial charge in [0.15, 0.2) is 0 Å². The summed E-state index contributed by atoms with van der Waals surface area (Å²) in [6.45, 7) is 2.98. The molecular weight excluding hydrogens is 356 g/mol. The number of ether oxygens (including phenoxy) is 2. The first-order valence-corrected chi connectivity index (χ1v) is 8.79. The number of nitrogens with zero attached hydrogens (tertiary/aromatic N) is 2. The number of benzene rings is 1. The van der Waals surface area contributed by atoms with E-state index >= 15 is 0 Å². The van der Waals surface area contributed by atoms with Crippen LogP contribution in [0, 0.1) is 6.92 Å². The molecule has 1 aromatic carbocycles. The first-order valence-electron chi connectivity index (χ1n) is 8.41. The fourth-order valence-electron chi connectivity index (χ4n) is 2.74. The number of carbonyl (C=O) groups is 1. The van der Waals surface area contributed by atoms with Gasteiger partial charge >= 0.3 is 0 Å². The van der Waals surface area contributed by atoms with Crippen LogP contribution in [0.3, 0.4) is 0 Å². The van der Waals surface area contributed by atoms with Crippen molar-refractivity contribution in [2.45, 2.75) is 25.9 Å². The molecular formula is C18H21ClN4O3. The van der Waals surface area contributed by atoms with E-state index in [9.17, 15) is 4.79 Å². The van der Waals surface area contributed by atoms with Crippen molar-refractivity contribution in [2.24, 2.45) is 0 Å². The number of halogens is 1. The number of anilines is 2. The quantitative estimate of drug-likeness (QED) is 0.805. The predicted octanol–water partition coefficient (Wildman–Crippen LogP) is 3.10. The van der Waals surface area contributed by atoms with Crippen LogP contribution >= 0.6 is 11.6 Å². The lowest BCUT2D eigenvalue weighted by Crippen LogP contribution is -2.32. The highest BCUT2D eigenvalue weighted by atomic mass is 35.5. The Labute approximate surface area is 157 Å². The molecule has 3 rings (SSSR count). The summed E-state index contributed by atoms with van der Waals surface area (Å²) in [6, 6.07) is 6.91. The van der Waals surface area contributed by atoms with Crippen molar-refractivity contribution in [1.82, 2.24) is 15.3 Å². The van der Waals surface area contributed by atoms with Crippen LogP contribution in [0.4, 0.5) is 11.5 Å². The molecule has 1 aliphatic rings. The van der Waals surface area contributed by atoms with E-state index in [0.29, 0.717) is 34.7 Å². The molecule has 8 heteroatoms. The number of nitrogens with one attached hydrogen (secondary N) is 2. The molecule has 0 spiro atoms. The number of amides is 1. The number of hydrogen-bond donors (Lipinski definition) is 2. The molecule has 2 N–H and O–H groups in total. The van der Waals surface area contributed by atoms with Crippen LogP contribution in [0.1, 0.15) is 29.2 Å². The summed E-state index contributed by atoms with van der Waals surface area (Å²) in [4.78, 5) is 20.9. The van der Waals surface area contributed by atoms with Crippen molar-refractivity contribution < 1.29 is 14.3 Å². The van der Waals surface area contributed by atoms with Crippen LogP contribution in [0.5, 0.6) is 5.75 Å². The van der Waals surface area contributed by atoms with Gasteiger partial charge in [-0.15, -0.1) is 0 Å². The first-order chi connectivity index (χ1) is 12.5. The van der Waals surface area contributed by atoms with Gasteiger partial charge in [0.25, 0.3) is 5.91 Å². The van der Waals surface area contributed by atoms with Crippen LogP contribution in [-0.4, -0.2) is 42.2 Å². The summed E-state index contributed by atoms with van der Waals surface area (Å²) >= 11 is 6.14. The molecule has 1 amide bonds. The van der Waals surface area contributed by atoms with Crippen molar-refractivity contribution in [3.05, 3.63) is 40.8 Å². The average molecular weight is 377 g/mol. The predicted molar refractivity (Wildman–Crippen MR) is 99.4 cm³/mol. The van der Waals surface area contributed by atoms with Gasteiger partial charge in [-0.25, -0.2) is 9.97 Å². The van der Waals surface area contributed by atoms with E-state index in [4.69, 9.17) is 21.1 Å². The van der Waals surface area contributed by atoms with Gasteiger partial charge in [-0.3, -0.25) is 4.79 Å². The third-order valence-corrected chi connectivity index (χ3v) is 4.30. The number of aryl methyl sites for hydroxylation is 1. The third kappa shape index (κ3) is 4.62. The third-order valence-electron chi connectivity index (χ3n) is 4.01. The van der Waals surface area contributed by atoms with Crippen molar-refractivity contribution in [2.75, 3.05) is 25.6 Å². The number of methoxy groups -OCH3 is 1. The fourth-order valence-corrected chi connectivity index (χ4v) is 3.00. The second-order valence-electron chi connectivity index (χ2n) is 6.01. The number of hydrogen-bond acceptors (Lipinski definition) is 6. The van der Waals surface area contributed by atoms with Gasteiger partial charge in [0.1, 0.15) is 23.1 Å². The molecule has 7 nitrogen and oxygen atoms in total. The molecule has 138 valence electrons. The Balaban J connectivity index is 1.70. The van der Waals surface area contributed by atoms with Gasteiger partial charge < -0.3 is 20.1 Å². The molecule has 1 aliphatic heterocycles. The normalized spacial score (nSPS) is 16.3. The Bertz CT molecular complexity index is 794. The maximum Gasteiger partial charge on any atom is 0.270 e. The summed E-state index contributed by atoms with van der Waals surface area (Å²) in [6.07, 6.45) is 2.08. The summed E-state index contributed by atoms with van der Waals surface area (Å²) in [7, 11) is 1.56. The standard InChI is InChI=1S/C18H21ClN4O3/c1-11-21-15(18(24)20-10-13-4-3-7-26-13)9-17(22-11)23-12-5-6-16(25-2)14(19)8-12/h5-6,8-9,13H,3-4,7,10H2,1-2H3,(H,20,24)(H,21,22,23). The second-order valence-corrected chi connectivity index (χ2v) is 6.41. The maximum absolute atomic E-state index is 12.4. The van der Waals surface area contributed by atoms with E-state index in [-0.39, 0.29) is 12.0 Å². The molecule has 1 atom stereocenters. The van der Waals surface area contributed by atoms with Crippen LogP contribution in [0.25, 0.3) is 0 Å². The lowest BCUT2D eigenvalue weighted by atomic mass is 10.2. The monoisotopic (exact) mass is 376 g/mol. The molecule has 1 saturated heterocycles. The van der Waals surface area contributed by atoms with E-state index in [1.54, 1.807) is 32.2 Å². The number of rotatable bonds is 6. The van der Waals surface area contributed by atoms with E-state index < -0.39 is 0 Å². The minimum absolute atomic E-state index is 0.0842. The molecule has 2 aromatic rings. The lowest BCUT2D eigenvalue weighted by molar-refractivity contribution is 0.0853. The molecule has 1 fully saturated rings. The highest BCUT2D eigenvalue weighted by Crippen LogP contribution is 2.28. The van der Waals surface area contributed by atoms with Crippen molar-refractivity contribution in [3.8, 4) is 5.75 Å². The highest BCUT2D eigenvalue weighted by Gasteiger charge is 2.18. The minimum Gasteiger partial charge on any atom is -0.495 e. The van der Waals surface area contributed by atoms with E-state index in [0.717, 1.165) is 25.1 Å². The zero-order valence-corrected chi connectivity index (χ0v) is 15.5. The molecule has 0 saturated carbocycles. The number of aromatic nitrogens is 2. The van der Waals surface area contributed by atoms with Gasteiger partial charge in [0.2, 0.25) is 0 Å². The molecule has 1 aromatic heterocycles. The van der Waals surface area contributed by atoms with Gasteiger partial charge in [-0.2, -0.15) is 0 Å². The minimum atomic E-state index is -0.248. The van der Waals surface area contributed by atoms with Crippen molar-refractivity contribution in [1.29, 1.82) is 0 Å².